The minimum Gasteiger partial charge on any atom is -0.478 e. The average Bonchev–Trinajstić information content (AvgIpc) is 2.38. The maximum absolute atomic E-state index is 10.7. The number of aromatic carboxylic acids is 1. The monoisotopic (exact) mass is 339 g/mol. The molecule has 2 aromatic carbocycles. The zero-order valence-electron chi connectivity index (χ0n) is 9.86. The van der Waals surface area contributed by atoms with Crippen molar-refractivity contribution in [1.82, 2.24) is 0 Å². The second-order valence-corrected chi connectivity index (χ2v) is 5.27. The summed E-state index contributed by atoms with van der Waals surface area (Å²) in [6, 6.07) is 12.3. The molecule has 5 heteroatoms. The van der Waals surface area contributed by atoms with E-state index in [0.29, 0.717) is 11.6 Å². The number of rotatable bonds is 4. The molecular weight excluding hydrogens is 330 g/mol. The Hall–Kier alpha value is -1.52. The number of hydrogen-bond donors (Lipinski definition) is 2. The highest BCUT2D eigenvalue weighted by Crippen LogP contribution is 2.26. The number of anilines is 1. The Balaban J connectivity index is 2.04. The summed E-state index contributed by atoms with van der Waals surface area (Å²) >= 11 is 9.29. The van der Waals surface area contributed by atoms with E-state index in [-0.39, 0.29) is 5.56 Å². The van der Waals surface area contributed by atoms with E-state index in [1.807, 2.05) is 18.2 Å². The van der Waals surface area contributed by atoms with E-state index in [1.165, 1.54) is 0 Å². The molecular formula is C14H11BrClNO2. The quantitative estimate of drug-likeness (QED) is 0.866. The van der Waals surface area contributed by atoms with Crippen LogP contribution in [0.1, 0.15) is 15.9 Å². The summed E-state index contributed by atoms with van der Waals surface area (Å²) in [4.78, 5) is 10.7. The van der Waals surface area contributed by atoms with Crippen LogP contribution in [-0.2, 0) is 6.54 Å². The number of benzene rings is 2. The second kappa shape index (κ2) is 6.08. The lowest BCUT2D eigenvalue weighted by molar-refractivity contribution is 0.0697. The topological polar surface area (TPSA) is 49.3 Å². The summed E-state index contributed by atoms with van der Waals surface area (Å²) in [5.41, 5.74) is 2.23. The fraction of sp³-hybridized carbons (Fsp3) is 0.0714. The van der Waals surface area contributed by atoms with Gasteiger partial charge in [-0.3, -0.25) is 0 Å². The number of halogens is 2. The molecule has 0 aliphatic carbocycles. The van der Waals surface area contributed by atoms with E-state index in [4.69, 9.17) is 16.7 Å². The lowest BCUT2D eigenvalue weighted by Gasteiger charge is -2.09. The molecule has 0 aromatic heterocycles. The molecule has 3 nitrogen and oxygen atoms in total. The van der Waals surface area contributed by atoms with E-state index in [9.17, 15) is 4.79 Å². The molecule has 0 unspecified atom stereocenters. The first-order valence-corrected chi connectivity index (χ1v) is 6.74. The van der Waals surface area contributed by atoms with Crippen LogP contribution in [0.25, 0.3) is 0 Å². The van der Waals surface area contributed by atoms with Crippen molar-refractivity contribution >= 4 is 39.2 Å². The first-order valence-electron chi connectivity index (χ1n) is 5.57. The van der Waals surface area contributed by atoms with Crippen LogP contribution in [0.15, 0.2) is 46.9 Å². The van der Waals surface area contributed by atoms with Crippen LogP contribution < -0.4 is 5.32 Å². The Morgan fingerprint density at radius 1 is 1.21 bits per heavy atom. The highest BCUT2D eigenvalue weighted by atomic mass is 79.9. The van der Waals surface area contributed by atoms with Gasteiger partial charge < -0.3 is 10.4 Å². The van der Waals surface area contributed by atoms with Crippen molar-refractivity contribution in [3.05, 3.63) is 63.1 Å². The van der Waals surface area contributed by atoms with Gasteiger partial charge in [0.2, 0.25) is 0 Å². The van der Waals surface area contributed by atoms with Crippen LogP contribution in [0, 0.1) is 0 Å². The van der Waals surface area contributed by atoms with Crippen LogP contribution in [0.5, 0.6) is 0 Å². The lowest BCUT2D eigenvalue weighted by Crippen LogP contribution is -2.01. The summed E-state index contributed by atoms with van der Waals surface area (Å²) < 4.78 is 0.891. The fourth-order valence-electron chi connectivity index (χ4n) is 1.60. The SMILES string of the molecule is O=C(O)c1ccc(CNc2ccc(Cl)cc2Br)cc1. The van der Waals surface area contributed by atoms with Crippen molar-refractivity contribution in [2.45, 2.75) is 6.54 Å². The molecule has 2 N–H and O–H groups in total. The van der Waals surface area contributed by atoms with E-state index >= 15 is 0 Å². The van der Waals surface area contributed by atoms with E-state index < -0.39 is 5.97 Å². The Kier molecular flexibility index (Phi) is 4.45. The molecule has 0 saturated carbocycles. The highest BCUT2D eigenvalue weighted by molar-refractivity contribution is 9.10. The maximum atomic E-state index is 10.7. The zero-order valence-corrected chi connectivity index (χ0v) is 12.2. The molecule has 0 radical (unpaired) electrons. The highest BCUT2D eigenvalue weighted by Gasteiger charge is 2.03. The first-order chi connectivity index (χ1) is 9.06. The van der Waals surface area contributed by atoms with Gasteiger partial charge in [-0.2, -0.15) is 0 Å². The molecule has 0 bridgehead atoms. The van der Waals surface area contributed by atoms with Gasteiger partial charge >= 0.3 is 5.97 Å². The van der Waals surface area contributed by atoms with Gasteiger partial charge in [0.25, 0.3) is 0 Å². The van der Waals surface area contributed by atoms with Crippen molar-refractivity contribution in [1.29, 1.82) is 0 Å². The van der Waals surface area contributed by atoms with Gasteiger partial charge in [-0.25, -0.2) is 4.79 Å². The Labute approximate surface area is 124 Å². The molecule has 2 rings (SSSR count). The number of hydrogen-bond acceptors (Lipinski definition) is 2. The standard InChI is InChI=1S/C14H11BrClNO2/c15-12-7-11(16)5-6-13(12)17-8-9-1-3-10(4-2-9)14(18)19/h1-7,17H,8H2,(H,18,19). The van der Waals surface area contributed by atoms with Crippen molar-refractivity contribution in [3.63, 3.8) is 0 Å². The maximum Gasteiger partial charge on any atom is 0.335 e. The van der Waals surface area contributed by atoms with Crippen LogP contribution in [-0.4, -0.2) is 11.1 Å². The Bertz CT molecular complexity index is 599. The third-order valence-corrected chi connectivity index (χ3v) is 3.51. The van der Waals surface area contributed by atoms with Crippen molar-refractivity contribution in [2.24, 2.45) is 0 Å². The van der Waals surface area contributed by atoms with Crippen molar-refractivity contribution in [2.75, 3.05) is 5.32 Å². The van der Waals surface area contributed by atoms with Gasteiger partial charge in [0, 0.05) is 21.7 Å². The zero-order chi connectivity index (χ0) is 13.8. The molecule has 0 spiro atoms. The van der Waals surface area contributed by atoms with Crippen molar-refractivity contribution in [3.8, 4) is 0 Å². The summed E-state index contributed by atoms with van der Waals surface area (Å²) in [6.45, 7) is 0.611. The lowest BCUT2D eigenvalue weighted by atomic mass is 10.1. The predicted octanol–water partition coefficient (Wildman–Crippen LogP) is 4.41. The Morgan fingerprint density at radius 2 is 1.89 bits per heavy atom. The molecule has 0 aliphatic rings. The first kappa shape index (κ1) is 13.9. The number of carboxylic acid groups (broad SMARTS) is 1. The van der Waals surface area contributed by atoms with Gasteiger partial charge in [0.05, 0.1) is 5.56 Å². The molecule has 2 aromatic rings. The van der Waals surface area contributed by atoms with Crippen LogP contribution in [0.3, 0.4) is 0 Å². The van der Waals surface area contributed by atoms with Gasteiger partial charge in [0.1, 0.15) is 0 Å². The minimum absolute atomic E-state index is 0.288. The van der Waals surface area contributed by atoms with Crippen LogP contribution >= 0.6 is 27.5 Å². The van der Waals surface area contributed by atoms with Crippen LogP contribution in [0.2, 0.25) is 5.02 Å². The molecule has 19 heavy (non-hydrogen) atoms. The summed E-state index contributed by atoms with van der Waals surface area (Å²) in [6.07, 6.45) is 0. The number of nitrogens with one attached hydrogen (secondary N) is 1. The fourth-order valence-corrected chi connectivity index (χ4v) is 2.42. The van der Waals surface area contributed by atoms with Gasteiger partial charge in [-0.1, -0.05) is 23.7 Å². The van der Waals surface area contributed by atoms with E-state index in [0.717, 1.165) is 15.7 Å². The van der Waals surface area contributed by atoms with Crippen LogP contribution in [0.4, 0.5) is 5.69 Å². The number of carboxylic acids is 1. The number of carbonyl (C=O) groups is 1. The van der Waals surface area contributed by atoms with Gasteiger partial charge in [0.15, 0.2) is 0 Å². The summed E-state index contributed by atoms with van der Waals surface area (Å²) in [5, 5.41) is 12.7. The van der Waals surface area contributed by atoms with Gasteiger partial charge in [-0.05, 0) is 51.8 Å². The molecule has 0 amide bonds. The second-order valence-electron chi connectivity index (χ2n) is 3.98. The molecule has 98 valence electrons. The smallest absolute Gasteiger partial charge is 0.335 e. The largest absolute Gasteiger partial charge is 0.478 e. The van der Waals surface area contributed by atoms with Crippen molar-refractivity contribution < 1.29 is 9.90 Å². The molecule has 0 saturated heterocycles. The summed E-state index contributed by atoms with van der Waals surface area (Å²) in [7, 11) is 0. The normalized spacial score (nSPS) is 10.2. The van der Waals surface area contributed by atoms with E-state index in [1.54, 1.807) is 24.3 Å². The average molecular weight is 341 g/mol. The third-order valence-electron chi connectivity index (χ3n) is 2.61. The van der Waals surface area contributed by atoms with Gasteiger partial charge in [-0.15, -0.1) is 0 Å². The molecule has 0 atom stereocenters. The minimum atomic E-state index is -0.917. The molecule has 0 fully saturated rings. The van der Waals surface area contributed by atoms with E-state index in [2.05, 4.69) is 21.2 Å². The third kappa shape index (κ3) is 3.72. The molecule has 0 heterocycles. The summed E-state index contributed by atoms with van der Waals surface area (Å²) in [5.74, 6) is -0.917. The Morgan fingerprint density at radius 3 is 2.47 bits per heavy atom. The molecule has 0 aliphatic heterocycles. The predicted molar refractivity (Wildman–Crippen MR) is 79.9 cm³/mol.